The fourth-order valence-corrected chi connectivity index (χ4v) is 1.98. The van der Waals surface area contributed by atoms with Gasteiger partial charge in [-0.1, -0.05) is 31.5 Å². The second kappa shape index (κ2) is 5.67. The lowest BCUT2D eigenvalue weighted by Crippen LogP contribution is -2.08. The van der Waals surface area contributed by atoms with Crippen LogP contribution in [0.4, 0.5) is 17.3 Å². The van der Waals surface area contributed by atoms with E-state index < -0.39 is 0 Å². The van der Waals surface area contributed by atoms with Crippen LogP contribution < -0.4 is 11.1 Å². The average molecular weight is 291 g/mol. The minimum atomic E-state index is 0.221. The Balaban J connectivity index is 2.45. The zero-order chi connectivity index (χ0) is 14.9. The molecule has 2 rings (SSSR count). The highest BCUT2D eigenvalue weighted by Crippen LogP contribution is 2.28. The van der Waals surface area contributed by atoms with Gasteiger partial charge in [-0.05, 0) is 31.5 Å². The van der Waals surface area contributed by atoms with E-state index in [0.717, 1.165) is 33.5 Å². The molecule has 2 aromatic rings. The number of anilines is 3. The summed E-state index contributed by atoms with van der Waals surface area (Å²) in [5.41, 5.74) is 8.71. The quantitative estimate of drug-likeness (QED) is 0.889. The first kappa shape index (κ1) is 14.6. The molecule has 0 radical (unpaired) electrons. The highest BCUT2D eigenvalue weighted by molar-refractivity contribution is 6.31. The molecular weight excluding hydrogens is 272 g/mol. The van der Waals surface area contributed by atoms with Gasteiger partial charge in [-0.15, -0.1) is 0 Å². The SMILES string of the molecule is Cc1c(Cl)cccc1Nc1nc(C(C)C)nc(N)c1C. The lowest BCUT2D eigenvalue weighted by molar-refractivity contribution is 0.776. The number of nitrogens with two attached hydrogens (primary N) is 1. The monoisotopic (exact) mass is 290 g/mol. The van der Waals surface area contributed by atoms with E-state index in [0.29, 0.717) is 5.82 Å². The normalized spacial score (nSPS) is 10.9. The molecule has 1 aromatic carbocycles. The van der Waals surface area contributed by atoms with E-state index in [1.54, 1.807) is 0 Å². The van der Waals surface area contributed by atoms with E-state index in [4.69, 9.17) is 17.3 Å². The molecule has 0 aliphatic heterocycles. The number of hydrogen-bond acceptors (Lipinski definition) is 4. The van der Waals surface area contributed by atoms with Crippen molar-refractivity contribution in [2.45, 2.75) is 33.6 Å². The Kier molecular flexibility index (Phi) is 4.14. The molecule has 0 aliphatic carbocycles. The van der Waals surface area contributed by atoms with Crippen molar-refractivity contribution in [2.75, 3.05) is 11.1 Å². The molecule has 0 bridgehead atoms. The Hall–Kier alpha value is -1.81. The van der Waals surface area contributed by atoms with Crippen LogP contribution >= 0.6 is 11.6 Å². The third-order valence-electron chi connectivity index (χ3n) is 3.24. The van der Waals surface area contributed by atoms with Gasteiger partial charge in [0.1, 0.15) is 17.5 Å². The predicted molar refractivity (Wildman–Crippen MR) is 84.7 cm³/mol. The first-order chi connectivity index (χ1) is 9.40. The molecule has 0 fully saturated rings. The summed E-state index contributed by atoms with van der Waals surface area (Å²) < 4.78 is 0. The largest absolute Gasteiger partial charge is 0.383 e. The summed E-state index contributed by atoms with van der Waals surface area (Å²) in [7, 11) is 0. The molecule has 3 N–H and O–H groups in total. The van der Waals surface area contributed by atoms with Crippen LogP contribution in [0.25, 0.3) is 0 Å². The van der Waals surface area contributed by atoms with Crippen LogP contribution in [0, 0.1) is 13.8 Å². The maximum Gasteiger partial charge on any atom is 0.139 e. The van der Waals surface area contributed by atoms with Gasteiger partial charge in [-0.3, -0.25) is 0 Å². The summed E-state index contributed by atoms with van der Waals surface area (Å²) in [6, 6.07) is 5.73. The Morgan fingerprint density at radius 3 is 2.50 bits per heavy atom. The van der Waals surface area contributed by atoms with Gasteiger partial charge in [0.15, 0.2) is 0 Å². The third-order valence-corrected chi connectivity index (χ3v) is 3.65. The minimum Gasteiger partial charge on any atom is -0.383 e. The van der Waals surface area contributed by atoms with E-state index >= 15 is 0 Å². The molecule has 0 spiro atoms. The Labute approximate surface area is 124 Å². The number of aromatic nitrogens is 2. The number of halogens is 1. The van der Waals surface area contributed by atoms with E-state index in [1.807, 2.05) is 45.9 Å². The summed E-state index contributed by atoms with van der Waals surface area (Å²) >= 11 is 6.14. The zero-order valence-corrected chi connectivity index (χ0v) is 12.9. The van der Waals surface area contributed by atoms with Gasteiger partial charge in [-0.25, -0.2) is 9.97 Å². The third kappa shape index (κ3) is 2.85. The van der Waals surface area contributed by atoms with Crippen molar-refractivity contribution in [3.63, 3.8) is 0 Å². The molecule has 20 heavy (non-hydrogen) atoms. The maximum absolute atomic E-state index is 6.14. The van der Waals surface area contributed by atoms with Gasteiger partial charge in [-0.2, -0.15) is 0 Å². The van der Waals surface area contributed by atoms with Crippen LogP contribution in [0.3, 0.4) is 0 Å². The summed E-state index contributed by atoms with van der Waals surface area (Å²) in [5.74, 6) is 2.19. The van der Waals surface area contributed by atoms with E-state index in [2.05, 4.69) is 15.3 Å². The molecule has 106 valence electrons. The van der Waals surface area contributed by atoms with E-state index in [-0.39, 0.29) is 5.92 Å². The van der Waals surface area contributed by atoms with Crippen molar-refractivity contribution in [2.24, 2.45) is 0 Å². The lowest BCUT2D eigenvalue weighted by Gasteiger charge is -2.15. The fourth-order valence-electron chi connectivity index (χ4n) is 1.80. The topological polar surface area (TPSA) is 63.8 Å². The molecule has 0 saturated carbocycles. The smallest absolute Gasteiger partial charge is 0.139 e. The zero-order valence-electron chi connectivity index (χ0n) is 12.2. The number of benzene rings is 1. The van der Waals surface area contributed by atoms with Crippen LogP contribution in [-0.4, -0.2) is 9.97 Å². The van der Waals surface area contributed by atoms with Gasteiger partial charge >= 0.3 is 0 Å². The van der Waals surface area contributed by atoms with Crippen molar-refractivity contribution >= 4 is 28.9 Å². The van der Waals surface area contributed by atoms with Gasteiger partial charge in [0.05, 0.1) is 0 Å². The van der Waals surface area contributed by atoms with Gasteiger partial charge in [0.25, 0.3) is 0 Å². The molecule has 0 saturated heterocycles. The van der Waals surface area contributed by atoms with Crippen LogP contribution in [0.1, 0.15) is 36.7 Å². The van der Waals surface area contributed by atoms with Gasteiger partial charge in [0, 0.05) is 22.2 Å². The molecule has 5 heteroatoms. The second-order valence-electron chi connectivity index (χ2n) is 5.13. The second-order valence-corrected chi connectivity index (χ2v) is 5.54. The van der Waals surface area contributed by atoms with Crippen LogP contribution in [-0.2, 0) is 0 Å². The number of rotatable bonds is 3. The highest BCUT2D eigenvalue weighted by Gasteiger charge is 2.12. The predicted octanol–water partition coefficient (Wildman–Crippen LogP) is 4.20. The van der Waals surface area contributed by atoms with Crippen molar-refractivity contribution in [1.29, 1.82) is 0 Å². The molecule has 1 aromatic heterocycles. The average Bonchev–Trinajstić information content (AvgIpc) is 2.39. The highest BCUT2D eigenvalue weighted by atomic mass is 35.5. The van der Waals surface area contributed by atoms with Crippen LogP contribution in [0.2, 0.25) is 5.02 Å². The molecule has 0 unspecified atom stereocenters. The van der Waals surface area contributed by atoms with Crippen molar-refractivity contribution in [3.05, 3.63) is 40.2 Å². The van der Waals surface area contributed by atoms with Crippen LogP contribution in [0.15, 0.2) is 18.2 Å². The fraction of sp³-hybridized carbons (Fsp3) is 0.333. The summed E-state index contributed by atoms with van der Waals surface area (Å²) in [5, 5.41) is 4.02. The number of nitrogens with one attached hydrogen (secondary N) is 1. The summed E-state index contributed by atoms with van der Waals surface area (Å²) in [4.78, 5) is 8.87. The van der Waals surface area contributed by atoms with Crippen molar-refractivity contribution in [3.8, 4) is 0 Å². The Morgan fingerprint density at radius 1 is 1.15 bits per heavy atom. The van der Waals surface area contributed by atoms with Crippen LogP contribution in [0.5, 0.6) is 0 Å². The lowest BCUT2D eigenvalue weighted by atomic mass is 10.1. The number of hydrogen-bond donors (Lipinski definition) is 2. The first-order valence-corrected chi connectivity index (χ1v) is 6.94. The molecule has 4 nitrogen and oxygen atoms in total. The molecule has 0 aliphatic rings. The van der Waals surface area contributed by atoms with Gasteiger partial charge in [0.2, 0.25) is 0 Å². The number of nitrogens with zero attached hydrogens (tertiary/aromatic N) is 2. The van der Waals surface area contributed by atoms with Crippen molar-refractivity contribution < 1.29 is 0 Å². The van der Waals surface area contributed by atoms with Gasteiger partial charge < -0.3 is 11.1 Å². The molecule has 1 heterocycles. The van der Waals surface area contributed by atoms with E-state index in [1.165, 1.54) is 0 Å². The summed E-state index contributed by atoms with van der Waals surface area (Å²) in [6.45, 7) is 7.95. The number of nitrogen functional groups attached to an aromatic ring is 1. The Morgan fingerprint density at radius 2 is 1.85 bits per heavy atom. The molecule has 0 atom stereocenters. The summed E-state index contributed by atoms with van der Waals surface area (Å²) in [6.07, 6.45) is 0. The minimum absolute atomic E-state index is 0.221. The molecule has 0 amide bonds. The molecular formula is C15H19ClN4. The van der Waals surface area contributed by atoms with Crippen molar-refractivity contribution in [1.82, 2.24) is 9.97 Å². The first-order valence-electron chi connectivity index (χ1n) is 6.56. The maximum atomic E-state index is 6.14. The Bertz CT molecular complexity index is 638. The van der Waals surface area contributed by atoms with E-state index in [9.17, 15) is 0 Å². The standard InChI is InChI=1S/C15H19ClN4/c1-8(2)14-19-13(17)10(4)15(20-14)18-12-7-5-6-11(16)9(12)3/h5-8H,1-4H3,(H3,17,18,19,20).